The van der Waals surface area contributed by atoms with Crippen molar-refractivity contribution in [1.82, 2.24) is 14.8 Å². The lowest BCUT2D eigenvalue weighted by Crippen LogP contribution is -2.27. The van der Waals surface area contributed by atoms with Crippen LogP contribution in [0.1, 0.15) is 20.8 Å². The SMILES string of the molecule is CC(C)(C)OC(=O)n1ncc2cc(Nc3ncc(-c4ccc(S(C)(=O)=O)cc4)o3)ccc21. The Kier molecular flexibility index (Phi) is 5.25. The Labute approximate surface area is 184 Å². The number of oxazole rings is 1. The van der Waals surface area contributed by atoms with Gasteiger partial charge < -0.3 is 14.5 Å². The van der Waals surface area contributed by atoms with Crippen molar-refractivity contribution in [3.05, 3.63) is 54.9 Å². The van der Waals surface area contributed by atoms with Crippen LogP contribution in [0.3, 0.4) is 0 Å². The first-order chi connectivity index (χ1) is 15.0. The maximum Gasteiger partial charge on any atom is 0.435 e. The number of aromatic nitrogens is 3. The zero-order valence-electron chi connectivity index (χ0n) is 18.0. The van der Waals surface area contributed by atoms with E-state index in [9.17, 15) is 13.2 Å². The van der Waals surface area contributed by atoms with Crippen molar-refractivity contribution >= 4 is 38.5 Å². The van der Waals surface area contributed by atoms with Crippen LogP contribution in [0.4, 0.5) is 16.5 Å². The lowest BCUT2D eigenvalue weighted by atomic mass is 10.2. The van der Waals surface area contributed by atoms with E-state index in [4.69, 9.17) is 9.15 Å². The summed E-state index contributed by atoms with van der Waals surface area (Å²) in [6, 6.07) is 12.0. The molecule has 0 aliphatic rings. The van der Waals surface area contributed by atoms with Gasteiger partial charge in [-0.1, -0.05) is 0 Å². The molecule has 0 unspecified atom stereocenters. The largest absolute Gasteiger partial charge is 0.442 e. The van der Waals surface area contributed by atoms with Crippen LogP contribution in [-0.2, 0) is 14.6 Å². The first-order valence-corrected chi connectivity index (χ1v) is 11.6. The summed E-state index contributed by atoms with van der Waals surface area (Å²) in [6.45, 7) is 5.38. The minimum absolute atomic E-state index is 0.236. The fraction of sp³-hybridized carbons (Fsp3) is 0.227. The number of sulfone groups is 1. The van der Waals surface area contributed by atoms with Gasteiger partial charge in [-0.25, -0.2) is 18.2 Å². The predicted molar refractivity (Wildman–Crippen MR) is 120 cm³/mol. The molecule has 1 N–H and O–H groups in total. The average molecular weight is 455 g/mol. The van der Waals surface area contributed by atoms with Crippen molar-refractivity contribution in [2.75, 3.05) is 11.6 Å². The van der Waals surface area contributed by atoms with E-state index >= 15 is 0 Å². The van der Waals surface area contributed by atoms with E-state index in [0.29, 0.717) is 22.5 Å². The van der Waals surface area contributed by atoms with E-state index in [1.165, 1.54) is 16.8 Å². The summed E-state index contributed by atoms with van der Waals surface area (Å²) in [7, 11) is -3.26. The molecule has 0 radical (unpaired) electrons. The fourth-order valence-corrected chi connectivity index (χ4v) is 3.65. The molecule has 0 aliphatic heterocycles. The van der Waals surface area contributed by atoms with Crippen molar-refractivity contribution in [3.63, 3.8) is 0 Å². The Balaban J connectivity index is 1.52. The molecule has 10 heteroatoms. The third-order valence-electron chi connectivity index (χ3n) is 4.46. The number of hydrogen-bond donors (Lipinski definition) is 1. The molecular weight excluding hydrogens is 432 g/mol. The minimum Gasteiger partial charge on any atom is -0.442 e. The zero-order chi connectivity index (χ0) is 23.1. The lowest BCUT2D eigenvalue weighted by molar-refractivity contribution is 0.0522. The molecule has 9 nitrogen and oxygen atoms in total. The minimum atomic E-state index is -3.26. The first-order valence-electron chi connectivity index (χ1n) is 9.74. The summed E-state index contributed by atoms with van der Waals surface area (Å²) < 4.78 is 35.5. The number of hydrogen-bond acceptors (Lipinski definition) is 8. The van der Waals surface area contributed by atoms with E-state index in [1.807, 2.05) is 6.07 Å². The fourth-order valence-electron chi connectivity index (χ4n) is 3.02. The number of nitrogens with zero attached hydrogens (tertiary/aromatic N) is 3. The second-order valence-corrected chi connectivity index (χ2v) is 10.3. The standard InChI is InChI=1S/C22H22N4O5S/c1-22(2,3)31-21(27)26-18-10-7-16(11-15(18)12-24-26)25-20-23-13-19(30-20)14-5-8-17(9-6-14)32(4,28)29/h5-13H,1-4H3,(H,23,25). The number of fused-ring (bicyclic) bond motifs is 1. The van der Waals surface area contributed by atoms with E-state index in [2.05, 4.69) is 15.4 Å². The maximum absolute atomic E-state index is 12.3. The number of benzene rings is 2. The van der Waals surface area contributed by atoms with Crippen LogP contribution in [0.25, 0.3) is 22.2 Å². The monoisotopic (exact) mass is 454 g/mol. The van der Waals surface area contributed by atoms with E-state index in [0.717, 1.165) is 11.6 Å². The molecule has 0 bridgehead atoms. The van der Waals surface area contributed by atoms with Gasteiger partial charge in [0.25, 0.3) is 6.01 Å². The van der Waals surface area contributed by atoms with Crippen LogP contribution in [0.5, 0.6) is 0 Å². The highest BCUT2D eigenvalue weighted by molar-refractivity contribution is 7.90. The quantitative estimate of drug-likeness (QED) is 0.475. The number of nitrogens with one attached hydrogen (secondary N) is 1. The highest BCUT2D eigenvalue weighted by atomic mass is 32.2. The van der Waals surface area contributed by atoms with Crippen LogP contribution >= 0.6 is 0 Å². The van der Waals surface area contributed by atoms with Gasteiger partial charge in [-0.2, -0.15) is 9.78 Å². The number of carbonyl (C=O) groups excluding carboxylic acids is 1. The average Bonchev–Trinajstić information content (AvgIpc) is 3.33. The van der Waals surface area contributed by atoms with E-state index < -0.39 is 21.5 Å². The molecule has 2 aromatic carbocycles. The first kappa shape index (κ1) is 21.6. The van der Waals surface area contributed by atoms with Gasteiger partial charge in [0.05, 0.1) is 22.8 Å². The normalized spacial score (nSPS) is 12.1. The number of rotatable bonds is 4. The number of ether oxygens (including phenoxy) is 1. The lowest BCUT2D eigenvalue weighted by Gasteiger charge is -2.19. The molecule has 0 fully saturated rings. The van der Waals surface area contributed by atoms with Crippen LogP contribution in [0.15, 0.2) is 64.2 Å². The van der Waals surface area contributed by atoms with Crippen molar-refractivity contribution in [2.45, 2.75) is 31.3 Å². The molecule has 4 aromatic rings. The number of carbonyl (C=O) groups is 1. The van der Waals surface area contributed by atoms with Crippen LogP contribution < -0.4 is 5.32 Å². The summed E-state index contributed by atoms with van der Waals surface area (Å²) in [4.78, 5) is 16.8. The third kappa shape index (κ3) is 4.65. The molecule has 0 saturated carbocycles. The van der Waals surface area contributed by atoms with Crippen LogP contribution in [-0.4, -0.2) is 41.1 Å². The summed E-state index contributed by atoms with van der Waals surface area (Å²) in [5.74, 6) is 0.492. The molecule has 4 rings (SSSR count). The Hall–Kier alpha value is -3.66. The summed E-state index contributed by atoms with van der Waals surface area (Å²) in [5.41, 5.74) is 1.39. The van der Waals surface area contributed by atoms with Crippen molar-refractivity contribution in [1.29, 1.82) is 0 Å². The smallest absolute Gasteiger partial charge is 0.435 e. The van der Waals surface area contributed by atoms with Crippen molar-refractivity contribution in [3.8, 4) is 11.3 Å². The topological polar surface area (TPSA) is 116 Å². The van der Waals surface area contributed by atoms with Gasteiger partial charge in [0, 0.05) is 22.9 Å². The second kappa shape index (κ2) is 7.79. The molecule has 32 heavy (non-hydrogen) atoms. The van der Waals surface area contributed by atoms with Gasteiger partial charge in [-0.3, -0.25) is 0 Å². The summed E-state index contributed by atoms with van der Waals surface area (Å²) in [6.07, 6.45) is 3.74. The van der Waals surface area contributed by atoms with Gasteiger partial charge in [0.1, 0.15) is 5.60 Å². The van der Waals surface area contributed by atoms with Gasteiger partial charge in [0.2, 0.25) is 0 Å². The molecule has 2 heterocycles. The molecular formula is C22H22N4O5S. The van der Waals surface area contributed by atoms with Gasteiger partial charge >= 0.3 is 6.09 Å². The van der Waals surface area contributed by atoms with E-state index in [1.54, 1.807) is 57.4 Å². The molecule has 2 aromatic heterocycles. The molecule has 0 spiro atoms. The van der Waals surface area contributed by atoms with Crippen LogP contribution in [0, 0.1) is 0 Å². The van der Waals surface area contributed by atoms with Crippen molar-refractivity contribution < 1.29 is 22.4 Å². The Morgan fingerprint density at radius 3 is 2.47 bits per heavy atom. The third-order valence-corrected chi connectivity index (χ3v) is 5.59. The Bertz CT molecular complexity index is 1400. The highest BCUT2D eigenvalue weighted by Crippen LogP contribution is 2.27. The molecule has 166 valence electrons. The highest BCUT2D eigenvalue weighted by Gasteiger charge is 2.20. The molecule has 0 amide bonds. The maximum atomic E-state index is 12.3. The predicted octanol–water partition coefficient (Wildman–Crippen LogP) is 4.62. The van der Waals surface area contributed by atoms with Crippen LogP contribution in [0.2, 0.25) is 0 Å². The van der Waals surface area contributed by atoms with Crippen molar-refractivity contribution in [2.24, 2.45) is 0 Å². The zero-order valence-corrected chi connectivity index (χ0v) is 18.8. The van der Waals surface area contributed by atoms with Gasteiger partial charge in [0.15, 0.2) is 15.6 Å². The summed E-state index contributed by atoms with van der Waals surface area (Å²) >= 11 is 0. The second-order valence-electron chi connectivity index (χ2n) is 8.26. The summed E-state index contributed by atoms with van der Waals surface area (Å²) in [5, 5.41) is 7.94. The number of anilines is 2. The van der Waals surface area contributed by atoms with Gasteiger partial charge in [-0.05, 0) is 63.2 Å². The molecule has 0 aliphatic carbocycles. The molecule has 0 saturated heterocycles. The van der Waals surface area contributed by atoms with Gasteiger partial charge in [-0.15, -0.1) is 0 Å². The molecule has 0 atom stereocenters. The Morgan fingerprint density at radius 2 is 1.81 bits per heavy atom. The van der Waals surface area contributed by atoms with E-state index in [-0.39, 0.29) is 10.9 Å². The Morgan fingerprint density at radius 1 is 1.09 bits per heavy atom.